The Bertz CT molecular complexity index is 360. The molecule has 0 saturated carbocycles. The van der Waals surface area contributed by atoms with Gasteiger partial charge < -0.3 is 5.32 Å². The van der Waals surface area contributed by atoms with E-state index < -0.39 is 5.54 Å². The Labute approximate surface area is 89.5 Å². The van der Waals surface area contributed by atoms with E-state index in [1.165, 1.54) is 6.07 Å². The molecule has 1 aromatic carbocycles. The van der Waals surface area contributed by atoms with Crippen LogP contribution < -0.4 is 5.32 Å². The number of benzene rings is 1. The zero-order chi connectivity index (χ0) is 11.5. The predicted octanol–water partition coefficient (Wildman–Crippen LogP) is 1.94. The second-order valence-electron chi connectivity index (χ2n) is 4.07. The van der Waals surface area contributed by atoms with Crippen LogP contribution in [0.4, 0.5) is 4.39 Å². The molecule has 0 aliphatic heterocycles. The molecule has 0 bridgehead atoms. The van der Waals surface area contributed by atoms with Crippen LogP contribution in [0.15, 0.2) is 24.3 Å². The Morgan fingerprint density at radius 3 is 2.53 bits per heavy atom. The molecule has 0 fully saturated rings. The Hall–Kier alpha value is -1.22. The number of likely N-dealkylation sites (N-methyl/N-ethyl adjacent to an activating group) is 1. The number of hydrogen-bond donors (Lipinski definition) is 1. The first-order chi connectivity index (χ1) is 6.97. The zero-order valence-electron chi connectivity index (χ0n) is 9.30. The van der Waals surface area contributed by atoms with Gasteiger partial charge in [-0.25, -0.2) is 4.39 Å². The van der Waals surface area contributed by atoms with Crippen LogP contribution >= 0.6 is 0 Å². The summed E-state index contributed by atoms with van der Waals surface area (Å²) < 4.78 is 13.3. The minimum absolute atomic E-state index is 0.0184. The standard InChI is InChI=1S/C12H16FNO/c1-12(2,14-3)11(15)8-9-6-4-5-7-10(9)13/h4-7,14H,8H2,1-3H3. The van der Waals surface area contributed by atoms with Crippen molar-refractivity contribution < 1.29 is 9.18 Å². The molecule has 82 valence electrons. The molecule has 2 nitrogen and oxygen atoms in total. The van der Waals surface area contributed by atoms with Crippen molar-refractivity contribution in [1.82, 2.24) is 5.32 Å². The lowest BCUT2D eigenvalue weighted by Crippen LogP contribution is -2.45. The molecule has 0 amide bonds. The average molecular weight is 209 g/mol. The van der Waals surface area contributed by atoms with Gasteiger partial charge >= 0.3 is 0 Å². The molecule has 3 heteroatoms. The molecule has 1 rings (SSSR count). The van der Waals surface area contributed by atoms with Crippen molar-refractivity contribution >= 4 is 5.78 Å². The zero-order valence-corrected chi connectivity index (χ0v) is 9.30. The summed E-state index contributed by atoms with van der Waals surface area (Å²) in [4.78, 5) is 11.8. The van der Waals surface area contributed by atoms with Crippen LogP contribution in [0.5, 0.6) is 0 Å². The lowest BCUT2D eigenvalue weighted by molar-refractivity contribution is -0.123. The van der Waals surface area contributed by atoms with E-state index in [9.17, 15) is 9.18 Å². The SMILES string of the molecule is CNC(C)(C)C(=O)Cc1ccccc1F. The highest BCUT2D eigenvalue weighted by Gasteiger charge is 2.25. The first-order valence-electron chi connectivity index (χ1n) is 4.93. The number of hydrogen-bond acceptors (Lipinski definition) is 2. The molecule has 0 heterocycles. The summed E-state index contributed by atoms with van der Waals surface area (Å²) in [5, 5.41) is 2.91. The van der Waals surface area contributed by atoms with Crippen LogP contribution in [0, 0.1) is 5.82 Å². The highest BCUT2D eigenvalue weighted by atomic mass is 19.1. The fraction of sp³-hybridized carbons (Fsp3) is 0.417. The van der Waals surface area contributed by atoms with Gasteiger partial charge in [-0.05, 0) is 32.5 Å². The molecule has 0 aliphatic carbocycles. The third kappa shape index (κ3) is 2.86. The van der Waals surface area contributed by atoms with Gasteiger partial charge in [0.1, 0.15) is 5.82 Å². The third-order valence-electron chi connectivity index (χ3n) is 2.63. The summed E-state index contributed by atoms with van der Waals surface area (Å²) >= 11 is 0. The summed E-state index contributed by atoms with van der Waals surface area (Å²) in [5.41, 5.74) is -0.159. The van der Waals surface area contributed by atoms with E-state index in [1.54, 1.807) is 39.1 Å². The molecular weight excluding hydrogens is 193 g/mol. The molecule has 15 heavy (non-hydrogen) atoms. The monoisotopic (exact) mass is 209 g/mol. The Kier molecular flexibility index (Phi) is 3.58. The Morgan fingerprint density at radius 2 is 2.00 bits per heavy atom. The topological polar surface area (TPSA) is 29.1 Å². The highest BCUT2D eigenvalue weighted by Crippen LogP contribution is 2.12. The van der Waals surface area contributed by atoms with E-state index in [1.807, 2.05) is 0 Å². The van der Waals surface area contributed by atoms with Crippen molar-refractivity contribution in [2.24, 2.45) is 0 Å². The number of carbonyl (C=O) groups is 1. The maximum Gasteiger partial charge on any atom is 0.156 e. The van der Waals surface area contributed by atoms with Gasteiger partial charge in [0.25, 0.3) is 0 Å². The second kappa shape index (κ2) is 4.53. The van der Waals surface area contributed by atoms with Crippen molar-refractivity contribution in [3.63, 3.8) is 0 Å². The lowest BCUT2D eigenvalue weighted by atomic mass is 9.94. The molecule has 1 N–H and O–H groups in total. The smallest absolute Gasteiger partial charge is 0.156 e. The summed E-state index contributed by atoms with van der Waals surface area (Å²) in [5.74, 6) is -0.340. The van der Waals surface area contributed by atoms with Crippen LogP contribution in [0.2, 0.25) is 0 Å². The Balaban J connectivity index is 2.80. The second-order valence-corrected chi connectivity index (χ2v) is 4.07. The predicted molar refractivity (Wildman–Crippen MR) is 58.2 cm³/mol. The fourth-order valence-corrected chi connectivity index (χ4v) is 1.18. The number of rotatable bonds is 4. The van der Waals surface area contributed by atoms with Gasteiger partial charge in [-0.2, -0.15) is 0 Å². The maximum absolute atomic E-state index is 13.3. The molecule has 0 radical (unpaired) electrons. The average Bonchev–Trinajstić information content (AvgIpc) is 2.21. The molecule has 0 unspecified atom stereocenters. The molecule has 0 spiro atoms. The van der Waals surface area contributed by atoms with Crippen LogP contribution in [0.1, 0.15) is 19.4 Å². The summed E-state index contributed by atoms with van der Waals surface area (Å²) in [7, 11) is 1.72. The molecule has 0 atom stereocenters. The highest BCUT2D eigenvalue weighted by molar-refractivity contribution is 5.89. The van der Waals surface area contributed by atoms with Gasteiger partial charge in [0.2, 0.25) is 0 Å². The van der Waals surface area contributed by atoms with Crippen molar-refractivity contribution in [3.8, 4) is 0 Å². The van der Waals surface area contributed by atoms with Crippen LogP contribution in [0.25, 0.3) is 0 Å². The first-order valence-corrected chi connectivity index (χ1v) is 4.93. The van der Waals surface area contributed by atoms with E-state index in [2.05, 4.69) is 5.32 Å². The van der Waals surface area contributed by atoms with Gasteiger partial charge in [0.05, 0.1) is 5.54 Å². The van der Waals surface area contributed by atoms with Crippen molar-refractivity contribution in [2.75, 3.05) is 7.05 Å². The van der Waals surface area contributed by atoms with Gasteiger partial charge in [-0.3, -0.25) is 4.79 Å². The molecule has 0 saturated heterocycles. The summed E-state index contributed by atoms with van der Waals surface area (Å²) in [6.45, 7) is 3.58. The fourth-order valence-electron chi connectivity index (χ4n) is 1.18. The number of Topliss-reactive ketones (excluding diaryl/α,β-unsaturated/α-hetero) is 1. The van der Waals surface area contributed by atoms with Crippen LogP contribution in [0.3, 0.4) is 0 Å². The molecule has 1 aromatic rings. The minimum atomic E-state index is -0.609. The lowest BCUT2D eigenvalue weighted by Gasteiger charge is -2.22. The molecule has 0 aromatic heterocycles. The number of carbonyl (C=O) groups excluding carboxylic acids is 1. The van der Waals surface area contributed by atoms with Gasteiger partial charge in [-0.1, -0.05) is 18.2 Å². The molecular formula is C12H16FNO. The normalized spacial score (nSPS) is 11.5. The summed E-state index contributed by atoms with van der Waals surface area (Å²) in [6, 6.07) is 6.36. The summed E-state index contributed by atoms with van der Waals surface area (Å²) in [6.07, 6.45) is 0.126. The van der Waals surface area contributed by atoms with Gasteiger partial charge in [0, 0.05) is 6.42 Å². The van der Waals surface area contributed by atoms with Crippen LogP contribution in [-0.2, 0) is 11.2 Å². The van der Waals surface area contributed by atoms with E-state index >= 15 is 0 Å². The van der Waals surface area contributed by atoms with Crippen molar-refractivity contribution in [3.05, 3.63) is 35.6 Å². The number of halogens is 1. The van der Waals surface area contributed by atoms with E-state index in [0.29, 0.717) is 5.56 Å². The van der Waals surface area contributed by atoms with Crippen LogP contribution in [-0.4, -0.2) is 18.4 Å². The van der Waals surface area contributed by atoms with Crippen molar-refractivity contribution in [1.29, 1.82) is 0 Å². The van der Waals surface area contributed by atoms with Crippen molar-refractivity contribution in [2.45, 2.75) is 25.8 Å². The van der Waals surface area contributed by atoms with Gasteiger partial charge in [0.15, 0.2) is 5.78 Å². The maximum atomic E-state index is 13.3. The Morgan fingerprint density at radius 1 is 1.40 bits per heavy atom. The quantitative estimate of drug-likeness (QED) is 0.821. The minimum Gasteiger partial charge on any atom is -0.308 e. The van der Waals surface area contributed by atoms with E-state index in [0.717, 1.165) is 0 Å². The van der Waals surface area contributed by atoms with E-state index in [4.69, 9.17) is 0 Å². The number of nitrogens with one attached hydrogen (secondary N) is 1. The third-order valence-corrected chi connectivity index (χ3v) is 2.63. The largest absolute Gasteiger partial charge is 0.308 e. The first kappa shape index (κ1) is 11.9. The number of ketones is 1. The molecule has 0 aliphatic rings. The van der Waals surface area contributed by atoms with E-state index in [-0.39, 0.29) is 18.0 Å². The van der Waals surface area contributed by atoms with Gasteiger partial charge in [-0.15, -0.1) is 0 Å².